The quantitative estimate of drug-likeness (QED) is 0.395. The lowest BCUT2D eigenvalue weighted by atomic mass is 10.0. The number of pyridine rings is 1. The fraction of sp³-hybridized carbons (Fsp3) is 0.458. The number of ether oxygens (including phenoxy) is 1. The Labute approximate surface area is 203 Å². The van der Waals surface area contributed by atoms with Gasteiger partial charge in [-0.25, -0.2) is 9.78 Å². The van der Waals surface area contributed by atoms with Crippen molar-refractivity contribution in [1.82, 2.24) is 10.3 Å². The molecule has 0 saturated carbocycles. The van der Waals surface area contributed by atoms with Crippen molar-refractivity contribution in [2.24, 2.45) is 5.92 Å². The number of nitrogens with one attached hydrogen (secondary N) is 2. The largest absolute Gasteiger partial charge is 0.480 e. The molecule has 7 nitrogen and oxygen atoms in total. The summed E-state index contributed by atoms with van der Waals surface area (Å²) in [5, 5.41) is 15.6. The number of carbonyl (C=O) groups is 2. The molecule has 0 saturated heterocycles. The van der Waals surface area contributed by atoms with Gasteiger partial charge in [-0.05, 0) is 55.4 Å². The Kier molecular flexibility index (Phi) is 9.35. The maximum Gasteiger partial charge on any atom is 0.326 e. The van der Waals surface area contributed by atoms with Crippen LogP contribution in [0.5, 0.6) is 0 Å². The van der Waals surface area contributed by atoms with E-state index in [1.165, 1.54) is 17.7 Å². The van der Waals surface area contributed by atoms with Crippen LogP contribution in [-0.2, 0) is 22.4 Å². The van der Waals surface area contributed by atoms with Gasteiger partial charge in [0.25, 0.3) is 5.91 Å². The third-order valence-electron chi connectivity index (χ3n) is 5.59. The van der Waals surface area contributed by atoms with Crippen molar-refractivity contribution in [2.75, 3.05) is 25.1 Å². The second-order valence-electron chi connectivity index (χ2n) is 8.31. The molecular weight excluding hydrogens is 465 g/mol. The van der Waals surface area contributed by atoms with E-state index >= 15 is 0 Å². The van der Waals surface area contributed by atoms with E-state index in [9.17, 15) is 14.7 Å². The Hall–Kier alpha value is -2.35. The summed E-state index contributed by atoms with van der Waals surface area (Å²) in [6.45, 7) is 3.77. The number of carbonyl (C=O) groups excluding carboxylic acids is 1. The fourth-order valence-corrected chi connectivity index (χ4v) is 4.24. The highest BCUT2D eigenvalue weighted by Crippen LogP contribution is 2.24. The molecule has 178 valence electrons. The number of aromatic nitrogens is 1. The molecule has 1 aromatic heterocycles. The van der Waals surface area contributed by atoms with Gasteiger partial charge in [0, 0.05) is 31.9 Å². The summed E-state index contributed by atoms with van der Waals surface area (Å²) < 4.78 is 5.69. The number of halogens is 2. The minimum absolute atomic E-state index is 0.0626. The molecule has 9 heteroatoms. The third kappa shape index (κ3) is 7.32. The van der Waals surface area contributed by atoms with E-state index in [-0.39, 0.29) is 34.6 Å². The molecule has 2 aromatic rings. The van der Waals surface area contributed by atoms with Gasteiger partial charge >= 0.3 is 5.97 Å². The minimum atomic E-state index is -1.14. The zero-order valence-corrected chi connectivity index (χ0v) is 20.1. The zero-order valence-electron chi connectivity index (χ0n) is 18.6. The van der Waals surface area contributed by atoms with Crippen molar-refractivity contribution in [3.63, 3.8) is 0 Å². The molecule has 0 unspecified atom stereocenters. The van der Waals surface area contributed by atoms with E-state index in [0.29, 0.717) is 6.61 Å². The summed E-state index contributed by atoms with van der Waals surface area (Å²) in [6.07, 6.45) is 4.11. The van der Waals surface area contributed by atoms with Gasteiger partial charge in [-0.2, -0.15) is 0 Å². The molecule has 1 aromatic carbocycles. The van der Waals surface area contributed by atoms with Crippen molar-refractivity contribution in [2.45, 2.75) is 45.1 Å². The van der Waals surface area contributed by atoms with E-state index in [1.54, 1.807) is 6.07 Å². The molecule has 3 rings (SSSR count). The highest BCUT2D eigenvalue weighted by Gasteiger charge is 2.23. The average Bonchev–Trinajstić information content (AvgIpc) is 2.79. The second-order valence-corrected chi connectivity index (χ2v) is 9.12. The SMILES string of the molecule is C[C@@H](CCc1ccc2c(n1)NCCC2)COCC[C@@H](NC(=O)c1c(Cl)cccc1Cl)C(=O)O. The molecule has 0 bridgehead atoms. The normalized spacial score (nSPS) is 14.6. The number of fused-ring (bicyclic) bond motifs is 1. The molecular formula is C24H29Cl2N3O4. The van der Waals surface area contributed by atoms with E-state index in [2.05, 4.69) is 29.7 Å². The number of aryl methyl sites for hydroxylation is 2. The van der Waals surface area contributed by atoms with Crippen molar-refractivity contribution in [3.8, 4) is 0 Å². The Morgan fingerprint density at radius 2 is 1.97 bits per heavy atom. The van der Waals surface area contributed by atoms with Crippen LogP contribution < -0.4 is 10.6 Å². The molecule has 0 fully saturated rings. The third-order valence-corrected chi connectivity index (χ3v) is 6.22. The van der Waals surface area contributed by atoms with E-state index < -0.39 is 17.9 Å². The first-order chi connectivity index (χ1) is 15.8. The lowest BCUT2D eigenvalue weighted by molar-refractivity contribution is -0.139. The summed E-state index contributed by atoms with van der Waals surface area (Å²) >= 11 is 12.1. The van der Waals surface area contributed by atoms with Crippen LogP contribution in [0.25, 0.3) is 0 Å². The Morgan fingerprint density at radius 3 is 2.70 bits per heavy atom. The molecule has 1 aliphatic rings. The number of amides is 1. The number of hydrogen-bond acceptors (Lipinski definition) is 5. The summed E-state index contributed by atoms with van der Waals surface area (Å²) in [4.78, 5) is 28.7. The Morgan fingerprint density at radius 1 is 1.21 bits per heavy atom. The Balaban J connectivity index is 1.40. The van der Waals surface area contributed by atoms with Crippen LogP contribution >= 0.6 is 23.2 Å². The molecule has 0 spiro atoms. The summed E-state index contributed by atoms with van der Waals surface area (Å²) in [6, 6.07) is 7.81. The van der Waals surface area contributed by atoms with E-state index in [1.807, 2.05) is 0 Å². The zero-order chi connectivity index (χ0) is 23.8. The van der Waals surface area contributed by atoms with Crippen LogP contribution in [-0.4, -0.2) is 47.8 Å². The van der Waals surface area contributed by atoms with Crippen LogP contribution in [0.2, 0.25) is 10.0 Å². The number of carboxylic acid groups (broad SMARTS) is 1. The van der Waals surface area contributed by atoms with Crippen LogP contribution in [0.4, 0.5) is 5.82 Å². The lowest BCUT2D eigenvalue weighted by Gasteiger charge is -2.18. The number of aliphatic carboxylic acids is 1. The number of anilines is 1. The topological polar surface area (TPSA) is 101 Å². The number of carboxylic acids is 1. The lowest BCUT2D eigenvalue weighted by Crippen LogP contribution is -2.41. The van der Waals surface area contributed by atoms with Gasteiger partial charge in [0.1, 0.15) is 11.9 Å². The maximum atomic E-state index is 12.5. The van der Waals surface area contributed by atoms with Gasteiger partial charge in [-0.3, -0.25) is 4.79 Å². The van der Waals surface area contributed by atoms with Crippen LogP contribution in [0.1, 0.15) is 47.8 Å². The van der Waals surface area contributed by atoms with Crippen LogP contribution in [0.15, 0.2) is 30.3 Å². The van der Waals surface area contributed by atoms with Gasteiger partial charge in [-0.1, -0.05) is 42.3 Å². The van der Waals surface area contributed by atoms with Gasteiger partial charge in [0.15, 0.2) is 0 Å². The molecule has 2 heterocycles. The first kappa shape index (κ1) is 25.3. The van der Waals surface area contributed by atoms with Crippen LogP contribution in [0, 0.1) is 5.92 Å². The monoisotopic (exact) mass is 493 g/mol. The van der Waals surface area contributed by atoms with Crippen molar-refractivity contribution < 1.29 is 19.4 Å². The minimum Gasteiger partial charge on any atom is -0.480 e. The second kappa shape index (κ2) is 12.2. The van der Waals surface area contributed by atoms with Crippen molar-refractivity contribution >= 4 is 40.9 Å². The molecule has 0 aliphatic carbocycles. The molecule has 33 heavy (non-hydrogen) atoms. The summed E-state index contributed by atoms with van der Waals surface area (Å²) in [7, 11) is 0. The van der Waals surface area contributed by atoms with E-state index in [0.717, 1.165) is 43.7 Å². The average molecular weight is 494 g/mol. The summed E-state index contributed by atoms with van der Waals surface area (Å²) in [5.41, 5.74) is 2.40. The maximum absolute atomic E-state index is 12.5. The predicted octanol–water partition coefficient (Wildman–Crippen LogP) is 4.61. The number of hydrogen-bond donors (Lipinski definition) is 3. The van der Waals surface area contributed by atoms with Gasteiger partial charge in [-0.15, -0.1) is 0 Å². The highest BCUT2D eigenvalue weighted by molar-refractivity contribution is 6.39. The molecule has 3 N–H and O–H groups in total. The molecule has 0 radical (unpaired) electrons. The number of nitrogens with zero attached hydrogens (tertiary/aromatic N) is 1. The highest BCUT2D eigenvalue weighted by atomic mass is 35.5. The molecule has 1 aliphatic heterocycles. The van der Waals surface area contributed by atoms with Crippen LogP contribution in [0.3, 0.4) is 0 Å². The summed E-state index contributed by atoms with van der Waals surface area (Å²) in [5.74, 6) is -0.480. The van der Waals surface area contributed by atoms with Gasteiger partial charge < -0.3 is 20.5 Å². The van der Waals surface area contributed by atoms with Crippen molar-refractivity contribution in [3.05, 3.63) is 57.2 Å². The molecule has 2 atom stereocenters. The first-order valence-corrected chi connectivity index (χ1v) is 11.9. The van der Waals surface area contributed by atoms with Gasteiger partial charge in [0.2, 0.25) is 0 Å². The molecule has 1 amide bonds. The smallest absolute Gasteiger partial charge is 0.326 e. The van der Waals surface area contributed by atoms with Crippen molar-refractivity contribution in [1.29, 1.82) is 0 Å². The first-order valence-electron chi connectivity index (χ1n) is 11.1. The van der Waals surface area contributed by atoms with E-state index in [4.69, 9.17) is 32.9 Å². The standard InChI is InChI=1S/C24H29Cl2N3O4/c1-15(7-9-17-10-8-16-4-3-12-27-22(16)28-17)14-33-13-11-20(24(31)32)29-23(30)21-18(25)5-2-6-19(21)26/h2,5-6,8,10,15,20H,3-4,7,9,11-14H2,1H3,(H,27,28)(H,29,30)(H,31,32)/t15-,20+/m0/s1. The fourth-order valence-electron chi connectivity index (χ4n) is 3.67. The predicted molar refractivity (Wildman–Crippen MR) is 129 cm³/mol. The number of rotatable bonds is 11. The van der Waals surface area contributed by atoms with Gasteiger partial charge in [0.05, 0.1) is 15.6 Å². The Bertz CT molecular complexity index is 966. The number of benzene rings is 1.